The van der Waals surface area contributed by atoms with E-state index in [9.17, 15) is 4.48 Å². The van der Waals surface area contributed by atoms with Crippen LogP contribution < -0.4 is 0 Å². The first kappa shape index (κ1) is 6.22. The van der Waals surface area contributed by atoms with E-state index < -0.39 is 0 Å². The lowest BCUT2D eigenvalue weighted by Gasteiger charge is -1.88. The highest BCUT2D eigenvalue weighted by Gasteiger charge is 2.04. The summed E-state index contributed by atoms with van der Waals surface area (Å²) in [6, 6.07) is 6.75. The van der Waals surface area contributed by atoms with Crippen molar-refractivity contribution in [2.24, 2.45) is 0 Å². The summed E-state index contributed by atoms with van der Waals surface area (Å²) in [5, 5.41) is 9.67. The van der Waals surface area contributed by atoms with Crippen LogP contribution in [0.3, 0.4) is 0 Å². The van der Waals surface area contributed by atoms with Crippen LogP contribution in [0.5, 0.6) is 5.75 Å². The van der Waals surface area contributed by atoms with Crippen molar-refractivity contribution in [1.29, 1.82) is 0 Å². The van der Waals surface area contributed by atoms with E-state index in [1.54, 1.807) is 24.3 Å². The molecule has 0 radical (unpaired) electrons. The maximum absolute atomic E-state index is 12.8. The summed E-state index contributed by atoms with van der Waals surface area (Å²) in [5.74, 6) is -0.0249. The molecule has 2 aromatic rings. The van der Waals surface area contributed by atoms with E-state index in [4.69, 9.17) is 5.11 Å². The van der Waals surface area contributed by atoms with Gasteiger partial charge in [-0.2, -0.15) is 4.79 Å². The van der Waals surface area contributed by atoms with Gasteiger partial charge in [-0.05, 0) is 12.1 Å². The summed E-state index contributed by atoms with van der Waals surface area (Å²) in [4.78, 5) is 0.407. The van der Waals surface area contributed by atoms with Crippen LogP contribution in [-0.4, -0.2) is 9.90 Å². The second-order valence-corrected chi connectivity index (χ2v) is 2.34. The van der Waals surface area contributed by atoms with Crippen molar-refractivity contribution in [3.05, 3.63) is 30.5 Å². The predicted molar refractivity (Wildman–Crippen MR) is 40.1 cm³/mol. The fraction of sp³-hybridized carbons (Fsp3) is 0. The highest BCUT2D eigenvalue weighted by Crippen LogP contribution is 2.25. The van der Waals surface area contributed by atoms with Gasteiger partial charge in [-0.15, -0.1) is 0 Å². The number of hydrogen-bond acceptors (Lipinski definition) is 1. The molecule has 0 unspecified atom stereocenters. The van der Waals surface area contributed by atoms with E-state index in [0.29, 0.717) is 15.7 Å². The first-order valence-electron chi connectivity index (χ1n) is 3.24. The highest BCUT2D eigenvalue weighted by molar-refractivity contribution is 5.85. The lowest BCUT2D eigenvalue weighted by Crippen LogP contribution is -1.74. The van der Waals surface area contributed by atoms with Crippen LogP contribution in [0, 0.1) is 0 Å². The molecule has 1 heterocycles. The zero-order valence-corrected chi connectivity index (χ0v) is 5.66. The summed E-state index contributed by atoms with van der Waals surface area (Å²) in [6.45, 7) is 0. The van der Waals surface area contributed by atoms with E-state index in [2.05, 4.69) is 0 Å². The number of benzene rings is 1. The topological polar surface area (TPSA) is 25.2 Å². The standard InChI is InChI=1S/C8H6FNO/c9-10-5-8(11)6-3-1-2-4-7(6)10/h1-5,11H. The second kappa shape index (κ2) is 1.99. The van der Waals surface area contributed by atoms with E-state index in [-0.39, 0.29) is 5.75 Å². The van der Waals surface area contributed by atoms with Crippen molar-refractivity contribution >= 4 is 10.9 Å². The minimum absolute atomic E-state index is 0.0249. The molecule has 0 spiro atoms. The molecule has 3 heteroatoms. The number of fused-ring (bicyclic) bond motifs is 1. The Labute approximate surface area is 62.4 Å². The van der Waals surface area contributed by atoms with E-state index >= 15 is 0 Å². The monoisotopic (exact) mass is 151 g/mol. The normalized spacial score (nSPS) is 10.6. The Morgan fingerprint density at radius 1 is 1.27 bits per heavy atom. The van der Waals surface area contributed by atoms with Gasteiger partial charge in [-0.1, -0.05) is 16.6 Å². The average molecular weight is 151 g/mol. The van der Waals surface area contributed by atoms with Gasteiger partial charge in [0, 0.05) is 5.39 Å². The smallest absolute Gasteiger partial charge is 0.144 e. The molecule has 0 aliphatic heterocycles. The average Bonchev–Trinajstić information content (AvgIpc) is 2.30. The summed E-state index contributed by atoms with van der Waals surface area (Å²) >= 11 is 0. The molecular weight excluding hydrogens is 145 g/mol. The van der Waals surface area contributed by atoms with Crippen LogP contribution in [0.1, 0.15) is 0 Å². The number of nitrogens with zero attached hydrogens (tertiary/aromatic N) is 1. The molecule has 0 bridgehead atoms. The number of aromatic nitrogens is 1. The molecule has 0 fully saturated rings. The molecule has 56 valence electrons. The molecule has 1 aromatic heterocycles. The Balaban J connectivity index is 2.95. The minimum atomic E-state index is -0.0249. The molecule has 2 nitrogen and oxygen atoms in total. The van der Waals surface area contributed by atoms with E-state index in [0.717, 1.165) is 6.20 Å². The third-order valence-electron chi connectivity index (χ3n) is 1.65. The Kier molecular flexibility index (Phi) is 1.12. The van der Waals surface area contributed by atoms with Crippen molar-refractivity contribution in [2.45, 2.75) is 0 Å². The lowest BCUT2D eigenvalue weighted by molar-refractivity contribution is 0.379. The summed E-state index contributed by atoms with van der Waals surface area (Å²) < 4.78 is 12.8. The first-order chi connectivity index (χ1) is 5.29. The molecule has 1 aromatic carbocycles. The quantitative estimate of drug-likeness (QED) is 0.612. The van der Waals surface area contributed by atoms with Crippen LogP contribution in [0.2, 0.25) is 0 Å². The molecule has 0 aliphatic carbocycles. The Bertz CT molecular complexity index is 358. The zero-order chi connectivity index (χ0) is 7.84. The van der Waals surface area contributed by atoms with Crippen molar-refractivity contribution in [1.82, 2.24) is 4.79 Å². The Morgan fingerprint density at radius 3 is 2.73 bits per heavy atom. The fourth-order valence-corrected chi connectivity index (χ4v) is 1.12. The van der Waals surface area contributed by atoms with E-state index in [1.807, 2.05) is 0 Å². The molecule has 0 amide bonds. The maximum atomic E-state index is 12.8. The third kappa shape index (κ3) is 0.774. The number of hydrogen-bond donors (Lipinski definition) is 1. The Hall–Kier alpha value is -1.51. The van der Waals surface area contributed by atoms with E-state index in [1.165, 1.54) is 0 Å². The van der Waals surface area contributed by atoms with Gasteiger partial charge < -0.3 is 5.11 Å². The molecule has 0 aliphatic rings. The first-order valence-corrected chi connectivity index (χ1v) is 3.24. The van der Waals surface area contributed by atoms with Gasteiger partial charge >= 0.3 is 0 Å². The SMILES string of the molecule is Oc1cn(F)c2ccccc12. The molecule has 0 atom stereocenters. The van der Waals surface area contributed by atoms with Gasteiger partial charge in [-0.3, -0.25) is 0 Å². The molecule has 2 rings (SSSR count). The van der Waals surface area contributed by atoms with Crippen molar-refractivity contribution in [3.63, 3.8) is 0 Å². The molecule has 1 N–H and O–H groups in total. The van der Waals surface area contributed by atoms with Crippen molar-refractivity contribution in [2.75, 3.05) is 0 Å². The summed E-state index contributed by atoms with van der Waals surface area (Å²) in [5.41, 5.74) is 0.394. The third-order valence-corrected chi connectivity index (χ3v) is 1.65. The molecular formula is C8H6FNO. The van der Waals surface area contributed by atoms with Gasteiger partial charge in [0.1, 0.15) is 5.75 Å². The number of halogens is 1. The highest BCUT2D eigenvalue weighted by atomic mass is 19.2. The zero-order valence-electron chi connectivity index (χ0n) is 5.66. The molecule has 11 heavy (non-hydrogen) atoms. The fourth-order valence-electron chi connectivity index (χ4n) is 1.12. The Morgan fingerprint density at radius 2 is 2.00 bits per heavy atom. The largest absolute Gasteiger partial charge is 0.506 e. The van der Waals surface area contributed by atoms with Gasteiger partial charge in [0.25, 0.3) is 0 Å². The number of para-hydroxylation sites is 1. The predicted octanol–water partition coefficient (Wildman–Crippen LogP) is 2.08. The van der Waals surface area contributed by atoms with Crippen LogP contribution >= 0.6 is 0 Å². The van der Waals surface area contributed by atoms with Crippen LogP contribution in [0.25, 0.3) is 10.9 Å². The van der Waals surface area contributed by atoms with Gasteiger partial charge in [0.15, 0.2) is 0 Å². The molecule has 0 saturated heterocycles. The minimum Gasteiger partial charge on any atom is -0.506 e. The van der Waals surface area contributed by atoms with Crippen molar-refractivity contribution < 1.29 is 9.59 Å². The van der Waals surface area contributed by atoms with Gasteiger partial charge in [0.05, 0.1) is 11.7 Å². The van der Waals surface area contributed by atoms with Crippen LogP contribution in [0.15, 0.2) is 30.5 Å². The summed E-state index contributed by atoms with van der Waals surface area (Å²) in [7, 11) is 0. The van der Waals surface area contributed by atoms with Gasteiger partial charge in [-0.25, -0.2) is 0 Å². The van der Waals surface area contributed by atoms with Crippen LogP contribution in [0.4, 0.5) is 4.48 Å². The maximum Gasteiger partial charge on any atom is 0.144 e. The number of rotatable bonds is 0. The van der Waals surface area contributed by atoms with Gasteiger partial charge in [0.2, 0.25) is 0 Å². The summed E-state index contributed by atoms with van der Waals surface area (Å²) in [6.07, 6.45) is 1.05. The second-order valence-electron chi connectivity index (χ2n) is 2.34. The molecule has 0 saturated carbocycles. The number of aromatic hydroxyl groups is 1. The van der Waals surface area contributed by atoms with Crippen LogP contribution in [-0.2, 0) is 0 Å². The lowest BCUT2D eigenvalue weighted by atomic mass is 10.2. The van der Waals surface area contributed by atoms with Crippen molar-refractivity contribution in [3.8, 4) is 5.75 Å².